The van der Waals surface area contributed by atoms with Crippen molar-refractivity contribution in [2.75, 3.05) is 11.9 Å². The van der Waals surface area contributed by atoms with Crippen LogP contribution in [0.2, 0.25) is 0 Å². The Balaban J connectivity index is 1.91. The molecule has 0 radical (unpaired) electrons. The van der Waals surface area contributed by atoms with E-state index in [4.69, 9.17) is 4.74 Å². The lowest BCUT2D eigenvalue weighted by atomic mass is 10.0. The Hall–Kier alpha value is -3.00. The van der Waals surface area contributed by atoms with Gasteiger partial charge in [0.05, 0.1) is 17.8 Å². The quantitative estimate of drug-likeness (QED) is 0.647. The average molecular weight is 413 g/mol. The second kappa shape index (κ2) is 8.16. The molecule has 3 rings (SSSR count). The van der Waals surface area contributed by atoms with Gasteiger partial charge in [-0.15, -0.1) is 0 Å². The maximum absolute atomic E-state index is 12.6. The molecule has 0 saturated carbocycles. The summed E-state index contributed by atoms with van der Waals surface area (Å²) in [6.45, 7) is 9.35. The molecule has 2 aromatic heterocycles. The van der Waals surface area contributed by atoms with Gasteiger partial charge in [0.1, 0.15) is 11.4 Å². The summed E-state index contributed by atoms with van der Waals surface area (Å²) in [5.41, 5.74) is 3.91. The maximum Gasteiger partial charge on any atom is 0.350 e. The van der Waals surface area contributed by atoms with Crippen molar-refractivity contribution in [2.45, 2.75) is 41.2 Å². The third-order valence-corrected chi connectivity index (χ3v) is 5.60. The zero-order valence-corrected chi connectivity index (χ0v) is 17.9. The highest BCUT2D eigenvalue weighted by molar-refractivity contribution is 7.17. The van der Waals surface area contributed by atoms with E-state index in [9.17, 15) is 14.4 Å². The van der Waals surface area contributed by atoms with Crippen LogP contribution in [0.5, 0.6) is 0 Å². The van der Waals surface area contributed by atoms with Gasteiger partial charge in [-0.1, -0.05) is 23.0 Å². The maximum atomic E-state index is 12.6. The van der Waals surface area contributed by atoms with Crippen LogP contribution < -0.4 is 10.9 Å². The fourth-order valence-corrected chi connectivity index (χ4v) is 4.24. The molecule has 1 N–H and O–H groups in total. The molecule has 0 aliphatic carbocycles. The number of amides is 1. The Bertz CT molecular complexity index is 1180. The van der Waals surface area contributed by atoms with Gasteiger partial charge in [-0.3, -0.25) is 14.2 Å². The molecule has 8 heteroatoms. The topological polar surface area (TPSA) is 90.3 Å². The van der Waals surface area contributed by atoms with Crippen molar-refractivity contribution in [3.63, 3.8) is 0 Å². The first-order valence-corrected chi connectivity index (χ1v) is 10.1. The van der Waals surface area contributed by atoms with E-state index in [0.29, 0.717) is 15.7 Å². The number of ether oxygens (including phenoxy) is 1. The molecule has 0 spiro atoms. The first-order valence-electron chi connectivity index (χ1n) is 9.27. The number of thiazole rings is 1. The van der Waals surface area contributed by atoms with Gasteiger partial charge in [-0.2, -0.15) is 0 Å². The molecule has 7 nitrogen and oxygen atoms in total. The fourth-order valence-electron chi connectivity index (χ4n) is 3.37. The molecule has 29 heavy (non-hydrogen) atoms. The van der Waals surface area contributed by atoms with Gasteiger partial charge >= 0.3 is 5.97 Å². The monoisotopic (exact) mass is 413 g/mol. The Morgan fingerprint density at radius 1 is 1.14 bits per heavy atom. The van der Waals surface area contributed by atoms with Crippen molar-refractivity contribution >= 4 is 39.2 Å². The number of anilines is 1. The second-order valence-corrected chi connectivity index (χ2v) is 7.93. The van der Waals surface area contributed by atoms with E-state index in [2.05, 4.69) is 10.3 Å². The summed E-state index contributed by atoms with van der Waals surface area (Å²) in [5, 5.41) is 3.93. The molecule has 152 valence electrons. The fraction of sp³-hybridized carbons (Fsp3) is 0.333. The van der Waals surface area contributed by atoms with Crippen molar-refractivity contribution in [3.8, 4) is 0 Å². The number of fused-ring (bicyclic) bond motifs is 1. The summed E-state index contributed by atoms with van der Waals surface area (Å²) in [6.07, 6.45) is 0. The van der Waals surface area contributed by atoms with E-state index in [-0.39, 0.29) is 24.6 Å². The predicted octanol–water partition coefficient (Wildman–Crippen LogP) is 3.51. The smallest absolute Gasteiger partial charge is 0.350 e. The number of rotatable bonds is 5. The van der Waals surface area contributed by atoms with Gasteiger partial charge in [0, 0.05) is 11.5 Å². The highest BCUT2D eigenvalue weighted by Crippen LogP contribution is 2.24. The number of hydrogen-bond acceptors (Lipinski definition) is 6. The summed E-state index contributed by atoms with van der Waals surface area (Å²) >= 11 is 1.06. The number of nitrogens with one attached hydrogen (secondary N) is 1. The van der Waals surface area contributed by atoms with Crippen molar-refractivity contribution < 1.29 is 14.3 Å². The van der Waals surface area contributed by atoms with Gasteiger partial charge in [0.15, 0.2) is 5.13 Å². The van der Waals surface area contributed by atoms with Crippen LogP contribution in [0.4, 0.5) is 5.13 Å². The molecule has 0 saturated heterocycles. The largest absolute Gasteiger partial charge is 0.462 e. The minimum atomic E-state index is -0.463. The average Bonchev–Trinajstić information content (AvgIpc) is 2.99. The van der Waals surface area contributed by atoms with E-state index in [1.165, 1.54) is 4.57 Å². The molecule has 2 heterocycles. The first kappa shape index (κ1) is 20.7. The predicted molar refractivity (Wildman–Crippen MR) is 114 cm³/mol. The number of carbonyl (C=O) groups is 2. The molecule has 0 aliphatic rings. The third-order valence-electron chi connectivity index (χ3n) is 4.55. The highest BCUT2D eigenvalue weighted by Gasteiger charge is 2.18. The van der Waals surface area contributed by atoms with Crippen LogP contribution >= 0.6 is 11.3 Å². The molecular formula is C21H23N3O4S. The van der Waals surface area contributed by atoms with Crippen LogP contribution in [0.25, 0.3) is 10.9 Å². The van der Waals surface area contributed by atoms with Gasteiger partial charge in [-0.25, -0.2) is 9.78 Å². The minimum Gasteiger partial charge on any atom is -0.462 e. The van der Waals surface area contributed by atoms with Crippen molar-refractivity contribution in [1.82, 2.24) is 9.55 Å². The number of aryl methyl sites for hydroxylation is 4. The van der Waals surface area contributed by atoms with E-state index >= 15 is 0 Å². The van der Waals surface area contributed by atoms with Crippen LogP contribution in [0.3, 0.4) is 0 Å². The summed E-state index contributed by atoms with van der Waals surface area (Å²) in [7, 11) is 0. The summed E-state index contributed by atoms with van der Waals surface area (Å²) < 4.78 is 6.47. The Labute approximate surface area is 172 Å². The van der Waals surface area contributed by atoms with E-state index in [1.54, 1.807) is 19.9 Å². The van der Waals surface area contributed by atoms with Gasteiger partial charge in [0.25, 0.3) is 5.56 Å². The van der Waals surface area contributed by atoms with Crippen LogP contribution in [0, 0.1) is 27.7 Å². The minimum absolute atomic E-state index is 0.146. The van der Waals surface area contributed by atoms with Crippen LogP contribution in [-0.2, 0) is 16.1 Å². The number of carbonyl (C=O) groups excluding carboxylic acids is 2. The lowest BCUT2D eigenvalue weighted by molar-refractivity contribution is -0.116. The van der Waals surface area contributed by atoms with Crippen LogP contribution in [-0.4, -0.2) is 28.0 Å². The Morgan fingerprint density at radius 3 is 2.55 bits per heavy atom. The highest BCUT2D eigenvalue weighted by atomic mass is 32.1. The van der Waals surface area contributed by atoms with Gasteiger partial charge in [0.2, 0.25) is 5.91 Å². The number of nitrogens with zero attached hydrogens (tertiary/aromatic N) is 2. The van der Waals surface area contributed by atoms with Gasteiger partial charge < -0.3 is 10.1 Å². The molecular weight excluding hydrogens is 390 g/mol. The van der Waals surface area contributed by atoms with Crippen LogP contribution in [0.15, 0.2) is 23.0 Å². The lowest BCUT2D eigenvalue weighted by Gasteiger charge is -2.14. The summed E-state index contributed by atoms with van der Waals surface area (Å²) in [6, 6.07) is 5.55. The second-order valence-electron chi connectivity index (χ2n) is 6.93. The zero-order valence-electron chi connectivity index (χ0n) is 17.1. The number of aromatic nitrogens is 2. The van der Waals surface area contributed by atoms with E-state index in [1.807, 2.05) is 32.9 Å². The van der Waals surface area contributed by atoms with Gasteiger partial charge in [-0.05, 0) is 51.8 Å². The van der Waals surface area contributed by atoms with Crippen LogP contribution in [0.1, 0.15) is 39.0 Å². The summed E-state index contributed by atoms with van der Waals surface area (Å²) in [4.78, 5) is 41.8. The molecule has 0 fully saturated rings. The standard InChI is InChI=1S/C21H23N3O4S/c1-6-28-20(27)19-14(5)22-21(29-19)23-16(25)10-24-17(26)9-12(3)15-8-11(2)7-13(4)18(15)24/h7-9H,6,10H2,1-5H3,(H,22,23,25). The summed E-state index contributed by atoms with van der Waals surface area (Å²) in [5.74, 6) is -0.851. The third kappa shape index (κ3) is 4.22. The Kier molecular flexibility index (Phi) is 5.83. The number of hydrogen-bond donors (Lipinski definition) is 1. The first-order chi connectivity index (χ1) is 13.7. The SMILES string of the molecule is CCOC(=O)c1sc(NC(=O)Cn2c(=O)cc(C)c3cc(C)cc(C)c32)nc1C. The molecule has 1 amide bonds. The number of benzene rings is 1. The van der Waals surface area contributed by atoms with E-state index < -0.39 is 5.97 Å². The van der Waals surface area contributed by atoms with Crippen molar-refractivity contribution in [2.24, 2.45) is 0 Å². The van der Waals surface area contributed by atoms with Crippen molar-refractivity contribution in [1.29, 1.82) is 0 Å². The number of esters is 1. The van der Waals surface area contributed by atoms with Crippen molar-refractivity contribution in [3.05, 3.63) is 55.8 Å². The zero-order chi connectivity index (χ0) is 21.3. The molecule has 0 bridgehead atoms. The lowest BCUT2D eigenvalue weighted by Crippen LogP contribution is -2.28. The molecule has 0 atom stereocenters. The molecule has 1 aromatic carbocycles. The number of pyridine rings is 1. The molecule has 3 aromatic rings. The molecule has 0 unspecified atom stereocenters. The van der Waals surface area contributed by atoms with E-state index in [0.717, 1.165) is 38.9 Å². The Morgan fingerprint density at radius 2 is 1.86 bits per heavy atom. The normalized spacial score (nSPS) is 10.9. The molecule has 0 aliphatic heterocycles.